The number of nitrogen functional groups attached to an aromatic ring is 1. The smallest absolute Gasteiger partial charge is 0.418 e. The van der Waals surface area contributed by atoms with Gasteiger partial charge in [0, 0.05) is 5.56 Å². The molecule has 0 atom stereocenters. The number of carbonyl (C=O) groups is 1. The second kappa shape index (κ2) is 4.62. The Hall–Kier alpha value is -1.76. The van der Waals surface area contributed by atoms with Crippen LogP contribution in [0.1, 0.15) is 5.56 Å². The van der Waals surface area contributed by atoms with Crippen molar-refractivity contribution >= 4 is 23.4 Å². The Kier molecular flexibility index (Phi) is 3.62. The summed E-state index contributed by atoms with van der Waals surface area (Å²) in [5, 5.41) is 6.83. The van der Waals surface area contributed by atoms with Crippen LogP contribution in [0.4, 0.5) is 13.2 Å². The Labute approximate surface area is 98.6 Å². The fourth-order valence-corrected chi connectivity index (χ4v) is 1.13. The number of nitrogens with two attached hydrogens (primary N) is 1. The lowest BCUT2D eigenvalue weighted by Gasteiger charge is -2.09. The Balaban J connectivity index is 2.95. The van der Waals surface area contributed by atoms with E-state index >= 15 is 0 Å². The Morgan fingerprint density at radius 1 is 1.41 bits per heavy atom. The van der Waals surface area contributed by atoms with Gasteiger partial charge in [0.25, 0.3) is 0 Å². The molecule has 0 aliphatic rings. The van der Waals surface area contributed by atoms with Crippen LogP contribution in [-0.4, -0.2) is 18.0 Å². The van der Waals surface area contributed by atoms with Crippen LogP contribution in [0.2, 0.25) is 5.02 Å². The number of benzene rings is 1. The summed E-state index contributed by atoms with van der Waals surface area (Å²) in [6, 6.07) is 3.37. The molecule has 0 aliphatic heterocycles. The number of rotatable bonds is 2. The highest BCUT2D eigenvalue weighted by molar-refractivity contribution is 6.32. The van der Waals surface area contributed by atoms with Gasteiger partial charge in [-0.1, -0.05) is 11.6 Å². The topological polar surface area (TPSA) is 76.2 Å². The van der Waals surface area contributed by atoms with Crippen molar-refractivity contribution in [3.63, 3.8) is 0 Å². The molecule has 4 nitrogen and oxygen atoms in total. The first kappa shape index (κ1) is 13.3. The minimum atomic E-state index is -5.09. The molecule has 0 amide bonds. The van der Waals surface area contributed by atoms with Crippen LogP contribution >= 0.6 is 11.6 Å². The van der Waals surface area contributed by atoms with Gasteiger partial charge < -0.3 is 10.5 Å². The molecule has 0 spiro atoms. The first-order chi connectivity index (χ1) is 7.71. The van der Waals surface area contributed by atoms with E-state index in [1.807, 2.05) is 0 Å². The van der Waals surface area contributed by atoms with Crippen LogP contribution in [0.15, 0.2) is 18.2 Å². The van der Waals surface area contributed by atoms with Gasteiger partial charge in [-0.05, 0) is 18.2 Å². The SMILES string of the molecule is N=C(N)c1ccc(OC(=O)C(F)(F)F)c(Cl)c1. The molecule has 0 unspecified atom stereocenters. The summed E-state index contributed by atoms with van der Waals surface area (Å²) < 4.78 is 39.7. The molecule has 0 aromatic heterocycles. The molecule has 0 fully saturated rings. The highest BCUT2D eigenvalue weighted by Crippen LogP contribution is 2.27. The summed E-state index contributed by atoms with van der Waals surface area (Å²) in [5.74, 6) is -3.12. The molecule has 0 saturated heterocycles. The quantitative estimate of drug-likeness (QED) is 0.372. The Bertz CT molecular complexity index is 474. The third-order valence-corrected chi connectivity index (χ3v) is 1.97. The van der Waals surface area contributed by atoms with Gasteiger partial charge in [-0.25, -0.2) is 4.79 Å². The van der Waals surface area contributed by atoms with E-state index in [2.05, 4.69) is 4.74 Å². The van der Waals surface area contributed by atoms with Crippen molar-refractivity contribution in [2.45, 2.75) is 6.18 Å². The first-order valence-electron chi connectivity index (χ1n) is 4.15. The maximum Gasteiger partial charge on any atom is 0.491 e. The van der Waals surface area contributed by atoms with E-state index in [0.717, 1.165) is 12.1 Å². The predicted molar refractivity (Wildman–Crippen MR) is 54.2 cm³/mol. The average molecular weight is 267 g/mol. The highest BCUT2D eigenvalue weighted by atomic mass is 35.5. The van der Waals surface area contributed by atoms with Gasteiger partial charge in [-0.2, -0.15) is 13.2 Å². The number of nitrogens with one attached hydrogen (secondary N) is 1. The van der Waals surface area contributed by atoms with Gasteiger partial charge in [0.1, 0.15) is 11.6 Å². The van der Waals surface area contributed by atoms with Crippen molar-refractivity contribution in [1.29, 1.82) is 5.41 Å². The van der Waals surface area contributed by atoms with E-state index in [1.165, 1.54) is 6.07 Å². The number of halogens is 4. The minimum Gasteiger partial charge on any atom is -0.418 e. The maximum atomic E-state index is 11.9. The molecular weight excluding hydrogens is 261 g/mol. The summed E-state index contributed by atoms with van der Waals surface area (Å²) >= 11 is 5.57. The zero-order valence-corrected chi connectivity index (χ0v) is 8.89. The number of ether oxygens (including phenoxy) is 1. The van der Waals surface area contributed by atoms with Crippen LogP contribution in [0.3, 0.4) is 0 Å². The first-order valence-corrected chi connectivity index (χ1v) is 4.52. The summed E-state index contributed by atoms with van der Waals surface area (Å²) in [6.45, 7) is 0. The predicted octanol–water partition coefficient (Wildman–Crippen LogP) is 2.09. The van der Waals surface area contributed by atoms with E-state index in [0.29, 0.717) is 0 Å². The average Bonchev–Trinajstić information content (AvgIpc) is 2.19. The zero-order chi connectivity index (χ0) is 13.2. The van der Waals surface area contributed by atoms with E-state index in [-0.39, 0.29) is 16.4 Å². The van der Waals surface area contributed by atoms with Crippen molar-refractivity contribution in [3.05, 3.63) is 28.8 Å². The van der Waals surface area contributed by atoms with E-state index in [4.69, 9.17) is 22.7 Å². The Morgan fingerprint density at radius 2 is 2.00 bits per heavy atom. The van der Waals surface area contributed by atoms with E-state index < -0.39 is 17.9 Å². The lowest BCUT2D eigenvalue weighted by Crippen LogP contribution is -2.28. The molecule has 0 radical (unpaired) electrons. The van der Waals surface area contributed by atoms with Crippen LogP contribution in [0, 0.1) is 5.41 Å². The largest absolute Gasteiger partial charge is 0.491 e. The maximum absolute atomic E-state index is 11.9. The molecule has 0 bridgehead atoms. The van der Waals surface area contributed by atoms with Crippen LogP contribution in [0.25, 0.3) is 0 Å². The number of carbonyl (C=O) groups excluding carboxylic acids is 1. The van der Waals surface area contributed by atoms with Crippen molar-refractivity contribution in [2.24, 2.45) is 5.73 Å². The summed E-state index contributed by atoms with van der Waals surface area (Å²) in [4.78, 5) is 10.5. The second-order valence-corrected chi connectivity index (χ2v) is 3.35. The molecule has 8 heteroatoms. The van der Waals surface area contributed by atoms with Gasteiger partial charge >= 0.3 is 12.1 Å². The van der Waals surface area contributed by atoms with Crippen molar-refractivity contribution in [2.75, 3.05) is 0 Å². The fourth-order valence-electron chi connectivity index (χ4n) is 0.909. The van der Waals surface area contributed by atoms with E-state index in [1.54, 1.807) is 0 Å². The van der Waals surface area contributed by atoms with Crippen LogP contribution in [-0.2, 0) is 4.79 Å². The molecule has 92 valence electrons. The van der Waals surface area contributed by atoms with Gasteiger partial charge in [-0.15, -0.1) is 0 Å². The zero-order valence-electron chi connectivity index (χ0n) is 8.14. The minimum absolute atomic E-state index is 0.210. The van der Waals surface area contributed by atoms with Gasteiger partial charge in [0.05, 0.1) is 5.02 Å². The standard InChI is InChI=1S/C9H6ClF3N2O2/c10-5-3-4(7(14)15)1-2-6(5)17-8(16)9(11,12)13/h1-3H,(H3,14,15). The highest BCUT2D eigenvalue weighted by Gasteiger charge is 2.41. The third-order valence-electron chi connectivity index (χ3n) is 1.68. The number of amidine groups is 1. The number of hydrogen-bond donors (Lipinski definition) is 2. The molecule has 1 aromatic carbocycles. The molecule has 0 heterocycles. The molecule has 1 aromatic rings. The van der Waals surface area contributed by atoms with Crippen molar-refractivity contribution < 1.29 is 22.7 Å². The normalized spacial score (nSPS) is 11.1. The van der Waals surface area contributed by atoms with Gasteiger partial charge in [0.2, 0.25) is 0 Å². The number of hydrogen-bond acceptors (Lipinski definition) is 3. The lowest BCUT2D eigenvalue weighted by molar-refractivity contribution is -0.189. The summed E-state index contributed by atoms with van der Waals surface area (Å²) in [7, 11) is 0. The molecular formula is C9H6ClF3N2O2. The number of alkyl halides is 3. The van der Waals surface area contributed by atoms with E-state index in [9.17, 15) is 18.0 Å². The molecule has 0 aliphatic carbocycles. The third kappa shape index (κ3) is 3.35. The summed E-state index contributed by atoms with van der Waals surface area (Å²) in [6.07, 6.45) is -5.09. The lowest BCUT2D eigenvalue weighted by atomic mass is 10.2. The molecule has 0 saturated carbocycles. The summed E-state index contributed by atoms with van der Waals surface area (Å²) in [5.41, 5.74) is 5.35. The van der Waals surface area contributed by atoms with Crippen LogP contribution in [0.5, 0.6) is 5.75 Å². The molecule has 17 heavy (non-hydrogen) atoms. The fraction of sp³-hybridized carbons (Fsp3) is 0.111. The van der Waals surface area contributed by atoms with Crippen LogP contribution < -0.4 is 10.5 Å². The second-order valence-electron chi connectivity index (χ2n) is 2.95. The van der Waals surface area contributed by atoms with Crippen molar-refractivity contribution in [3.8, 4) is 5.75 Å². The van der Waals surface area contributed by atoms with Crippen molar-refractivity contribution in [1.82, 2.24) is 0 Å². The number of esters is 1. The monoisotopic (exact) mass is 266 g/mol. The van der Waals surface area contributed by atoms with Gasteiger partial charge in [-0.3, -0.25) is 5.41 Å². The molecule has 1 rings (SSSR count). The van der Waals surface area contributed by atoms with Gasteiger partial charge in [0.15, 0.2) is 0 Å². The molecule has 3 N–H and O–H groups in total. The Morgan fingerprint density at radius 3 is 2.41 bits per heavy atom.